The molecular weight excluding hydrogens is 376 g/mol. The van der Waals surface area contributed by atoms with Crippen LogP contribution in [-0.2, 0) is 6.54 Å². The van der Waals surface area contributed by atoms with Crippen molar-refractivity contribution in [1.29, 1.82) is 0 Å². The van der Waals surface area contributed by atoms with Crippen LogP contribution in [0.4, 0.5) is 0 Å². The summed E-state index contributed by atoms with van der Waals surface area (Å²) >= 11 is 0. The molecule has 0 radical (unpaired) electrons. The van der Waals surface area contributed by atoms with Crippen LogP contribution in [0.5, 0.6) is 11.5 Å². The van der Waals surface area contributed by atoms with E-state index in [1.165, 1.54) is 5.56 Å². The van der Waals surface area contributed by atoms with Gasteiger partial charge < -0.3 is 20.1 Å². The van der Waals surface area contributed by atoms with Crippen molar-refractivity contribution in [2.75, 3.05) is 19.8 Å². The molecule has 3 N–H and O–H groups in total. The zero-order valence-corrected chi connectivity index (χ0v) is 17.9. The van der Waals surface area contributed by atoms with Gasteiger partial charge in [-0.15, -0.1) is 0 Å². The molecule has 0 fully saturated rings. The van der Waals surface area contributed by atoms with Crippen LogP contribution in [0.15, 0.2) is 54.7 Å². The average Bonchev–Trinajstić information content (AvgIpc) is 3.22. The quantitative estimate of drug-likeness (QED) is 0.526. The fourth-order valence-electron chi connectivity index (χ4n) is 3.87. The Kier molecular flexibility index (Phi) is 6.06. The van der Waals surface area contributed by atoms with Gasteiger partial charge in [0.05, 0.1) is 11.9 Å². The Hall–Kier alpha value is -2.83. The predicted molar refractivity (Wildman–Crippen MR) is 119 cm³/mol. The van der Waals surface area contributed by atoms with Gasteiger partial charge in [0.15, 0.2) is 11.5 Å². The number of fused-ring (bicyclic) bond motifs is 1. The highest BCUT2D eigenvalue weighted by atomic mass is 16.6. The lowest BCUT2D eigenvalue weighted by Crippen LogP contribution is -2.48. The third-order valence-electron chi connectivity index (χ3n) is 5.34. The minimum Gasteiger partial charge on any atom is -0.486 e. The van der Waals surface area contributed by atoms with Gasteiger partial charge in [-0.2, -0.15) is 5.10 Å². The average molecular weight is 407 g/mol. The Labute approximate surface area is 178 Å². The van der Waals surface area contributed by atoms with Gasteiger partial charge >= 0.3 is 0 Å². The largest absolute Gasteiger partial charge is 0.486 e. The molecule has 0 aliphatic carbocycles. The number of aromatic nitrogens is 2. The van der Waals surface area contributed by atoms with Crippen molar-refractivity contribution in [3.8, 4) is 22.8 Å². The first kappa shape index (κ1) is 20.4. The summed E-state index contributed by atoms with van der Waals surface area (Å²) in [4.78, 5) is 0. The van der Waals surface area contributed by atoms with Crippen LogP contribution in [-0.4, -0.2) is 35.5 Å². The third-order valence-corrected chi connectivity index (χ3v) is 5.34. The van der Waals surface area contributed by atoms with Gasteiger partial charge in [0, 0.05) is 35.8 Å². The molecular formula is C24H30N4O2. The highest BCUT2D eigenvalue weighted by Gasteiger charge is 2.21. The van der Waals surface area contributed by atoms with Crippen LogP contribution in [0.2, 0.25) is 0 Å². The first-order valence-electron chi connectivity index (χ1n) is 10.5. The molecule has 0 bridgehead atoms. The number of hydrogen-bond donors (Lipinski definition) is 3. The monoisotopic (exact) mass is 406 g/mol. The maximum atomic E-state index is 5.72. The molecule has 0 spiro atoms. The zero-order chi connectivity index (χ0) is 21.0. The predicted octanol–water partition coefficient (Wildman–Crippen LogP) is 4.07. The number of rotatable bonds is 8. The number of nitrogens with one attached hydrogen (secondary N) is 3. The number of aromatic amines is 1. The van der Waals surface area contributed by atoms with Crippen molar-refractivity contribution in [3.05, 3.63) is 65.9 Å². The van der Waals surface area contributed by atoms with E-state index in [4.69, 9.17) is 9.47 Å². The minimum absolute atomic E-state index is 0.0594. The van der Waals surface area contributed by atoms with Gasteiger partial charge in [-0.05, 0) is 44.5 Å². The maximum absolute atomic E-state index is 5.72. The molecule has 1 aromatic heterocycles. The summed E-state index contributed by atoms with van der Waals surface area (Å²) in [5.41, 5.74) is 4.40. The number of ether oxygens (including phenoxy) is 2. The molecule has 4 rings (SSSR count). The van der Waals surface area contributed by atoms with E-state index in [9.17, 15) is 0 Å². The van der Waals surface area contributed by atoms with E-state index >= 15 is 0 Å². The topological polar surface area (TPSA) is 71.2 Å². The Morgan fingerprint density at radius 2 is 1.83 bits per heavy atom. The zero-order valence-electron chi connectivity index (χ0n) is 17.9. The van der Waals surface area contributed by atoms with Crippen LogP contribution in [0, 0.1) is 0 Å². The maximum Gasteiger partial charge on any atom is 0.162 e. The summed E-state index contributed by atoms with van der Waals surface area (Å²) in [6, 6.07) is 16.8. The molecule has 30 heavy (non-hydrogen) atoms. The fraction of sp³-hybridized carbons (Fsp3) is 0.375. The SMILES string of the molecule is CC(NC(C)(C)CNCc1cn[nH]c1-c1ccc2c(c1)OCCO2)c1ccccc1. The van der Waals surface area contributed by atoms with Crippen LogP contribution in [0.25, 0.3) is 11.3 Å². The smallest absolute Gasteiger partial charge is 0.162 e. The first-order valence-corrected chi connectivity index (χ1v) is 10.5. The Morgan fingerprint density at radius 3 is 2.63 bits per heavy atom. The van der Waals surface area contributed by atoms with E-state index in [0.717, 1.165) is 41.4 Å². The van der Waals surface area contributed by atoms with Gasteiger partial charge in [0.1, 0.15) is 13.2 Å². The van der Waals surface area contributed by atoms with E-state index < -0.39 is 0 Å². The molecule has 3 aromatic rings. The Bertz CT molecular complexity index is 968. The molecule has 0 amide bonds. The second-order valence-electron chi connectivity index (χ2n) is 8.39. The fourth-order valence-corrected chi connectivity index (χ4v) is 3.87. The van der Waals surface area contributed by atoms with Crippen molar-refractivity contribution < 1.29 is 9.47 Å². The third kappa shape index (κ3) is 4.83. The Balaban J connectivity index is 1.36. The second-order valence-corrected chi connectivity index (χ2v) is 8.39. The second kappa shape index (κ2) is 8.90. The van der Waals surface area contributed by atoms with Crippen molar-refractivity contribution >= 4 is 0 Å². The molecule has 2 heterocycles. The van der Waals surface area contributed by atoms with E-state index in [0.29, 0.717) is 13.2 Å². The Morgan fingerprint density at radius 1 is 1.07 bits per heavy atom. The molecule has 0 saturated heterocycles. The summed E-state index contributed by atoms with van der Waals surface area (Å²) in [5.74, 6) is 1.58. The number of H-pyrrole nitrogens is 1. The van der Waals surface area contributed by atoms with Gasteiger partial charge in [0.25, 0.3) is 0 Å². The van der Waals surface area contributed by atoms with Crippen molar-refractivity contribution in [2.24, 2.45) is 0 Å². The summed E-state index contributed by atoms with van der Waals surface area (Å²) in [6.45, 7) is 9.37. The lowest BCUT2D eigenvalue weighted by Gasteiger charge is -2.31. The van der Waals surface area contributed by atoms with Gasteiger partial charge in [-0.3, -0.25) is 5.10 Å². The van der Waals surface area contributed by atoms with Gasteiger partial charge in [-0.25, -0.2) is 0 Å². The van der Waals surface area contributed by atoms with Crippen LogP contribution >= 0.6 is 0 Å². The van der Waals surface area contributed by atoms with Gasteiger partial charge in [-0.1, -0.05) is 30.3 Å². The van der Waals surface area contributed by atoms with E-state index in [1.807, 2.05) is 30.5 Å². The summed E-state index contributed by atoms with van der Waals surface area (Å²) in [7, 11) is 0. The number of nitrogens with zero attached hydrogens (tertiary/aromatic N) is 1. The van der Waals surface area contributed by atoms with Crippen LogP contribution < -0.4 is 20.1 Å². The van der Waals surface area contributed by atoms with Crippen molar-refractivity contribution in [2.45, 2.75) is 38.9 Å². The molecule has 158 valence electrons. The van der Waals surface area contributed by atoms with Crippen LogP contribution in [0.3, 0.4) is 0 Å². The summed E-state index contributed by atoms with van der Waals surface area (Å²) < 4.78 is 11.3. The molecule has 2 aromatic carbocycles. The summed E-state index contributed by atoms with van der Waals surface area (Å²) in [6.07, 6.45) is 1.88. The standard InChI is InChI=1S/C24H30N4O2/c1-17(18-7-5-4-6-8-18)27-24(2,3)16-25-14-20-15-26-28-23(20)19-9-10-21-22(13-19)30-12-11-29-21/h4-10,13,15,17,25,27H,11-12,14,16H2,1-3H3,(H,26,28). The highest BCUT2D eigenvalue weighted by molar-refractivity contribution is 5.66. The number of hydrogen-bond acceptors (Lipinski definition) is 5. The molecule has 6 nitrogen and oxygen atoms in total. The van der Waals surface area contributed by atoms with Crippen LogP contribution in [0.1, 0.15) is 37.9 Å². The van der Waals surface area contributed by atoms with E-state index in [-0.39, 0.29) is 11.6 Å². The minimum atomic E-state index is -0.0594. The highest BCUT2D eigenvalue weighted by Crippen LogP contribution is 2.34. The normalized spacial score (nSPS) is 14.5. The summed E-state index contributed by atoms with van der Waals surface area (Å²) in [5, 5.41) is 14.7. The van der Waals surface area contributed by atoms with Gasteiger partial charge in [0.2, 0.25) is 0 Å². The molecule has 1 unspecified atom stereocenters. The van der Waals surface area contributed by atoms with Crippen molar-refractivity contribution in [1.82, 2.24) is 20.8 Å². The lowest BCUT2D eigenvalue weighted by molar-refractivity contribution is 0.171. The molecule has 1 atom stereocenters. The van der Waals surface area contributed by atoms with E-state index in [2.05, 4.69) is 65.9 Å². The lowest BCUT2D eigenvalue weighted by atomic mass is 10.0. The molecule has 6 heteroatoms. The molecule has 0 saturated carbocycles. The van der Waals surface area contributed by atoms with E-state index in [1.54, 1.807) is 0 Å². The molecule has 1 aliphatic rings. The van der Waals surface area contributed by atoms with Crippen molar-refractivity contribution in [3.63, 3.8) is 0 Å². The number of benzene rings is 2. The first-order chi connectivity index (χ1) is 14.5. The molecule has 1 aliphatic heterocycles.